The third-order valence-electron chi connectivity index (χ3n) is 2.44. The molecule has 0 saturated heterocycles. The zero-order valence-corrected chi connectivity index (χ0v) is 11.9. The van der Waals surface area contributed by atoms with Crippen molar-refractivity contribution in [1.29, 1.82) is 0 Å². The highest BCUT2D eigenvalue weighted by molar-refractivity contribution is 7.99. The van der Waals surface area contributed by atoms with Crippen LogP contribution in [0.1, 0.15) is 27.2 Å². The number of hydrogen-bond acceptors (Lipinski definition) is 5. The van der Waals surface area contributed by atoms with E-state index in [-0.39, 0.29) is 4.75 Å². The number of hydrogen-bond donors (Lipinski definition) is 2. The standard InChI is InChI=1S/C12H22N4S/c1-5-6-14-10-7-13-8-11(16-10)15-9-12(2,3)17-4/h7-8H,5-6,9H2,1-4H3,(H2,14,15,16). The van der Waals surface area contributed by atoms with Gasteiger partial charge < -0.3 is 10.6 Å². The molecule has 17 heavy (non-hydrogen) atoms. The second-order valence-electron chi connectivity index (χ2n) is 4.53. The van der Waals surface area contributed by atoms with Gasteiger partial charge in [0.1, 0.15) is 11.6 Å². The van der Waals surface area contributed by atoms with Crippen LogP contribution in [0.3, 0.4) is 0 Å². The number of aromatic nitrogens is 2. The van der Waals surface area contributed by atoms with E-state index in [0.29, 0.717) is 0 Å². The summed E-state index contributed by atoms with van der Waals surface area (Å²) in [5, 5.41) is 6.55. The summed E-state index contributed by atoms with van der Waals surface area (Å²) in [5.74, 6) is 1.66. The number of thioether (sulfide) groups is 1. The Kier molecular flexibility index (Phi) is 5.55. The van der Waals surface area contributed by atoms with Crippen LogP contribution in [0, 0.1) is 0 Å². The predicted molar refractivity (Wildman–Crippen MR) is 76.9 cm³/mol. The Labute approximate surface area is 108 Å². The Balaban J connectivity index is 2.53. The summed E-state index contributed by atoms with van der Waals surface area (Å²) in [6.45, 7) is 8.34. The van der Waals surface area contributed by atoms with Gasteiger partial charge in [0.2, 0.25) is 0 Å². The van der Waals surface area contributed by atoms with E-state index in [1.54, 1.807) is 12.4 Å². The second kappa shape index (κ2) is 6.69. The quantitative estimate of drug-likeness (QED) is 0.783. The molecule has 2 N–H and O–H groups in total. The molecule has 1 heterocycles. The molecule has 0 aromatic carbocycles. The molecular formula is C12H22N4S. The summed E-state index contributed by atoms with van der Waals surface area (Å²) < 4.78 is 0.203. The molecule has 0 radical (unpaired) electrons. The summed E-state index contributed by atoms with van der Waals surface area (Å²) >= 11 is 1.84. The van der Waals surface area contributed by atoms with Gasteiger partial charge in [-0.25, -0.2) is 4.98 Å². The van der Waals surface area contributed by atoms with E-state index in [2.05, 4.69) is 47.6 Å². The van der Waals surface area contributed by atoms with Crippen molar-refractivity contribution in [3.63, 3.8) is 0 Å². The molecule has 1 aromatic heterocycles. The fourth-order valence-corrected chi connectivity index (χ4v) is 1.38. The van der Waals surface area contributed by atoms with Crippen molar-refractivity contribution in [2.75, 3.05) is 30.0 Å². The van der Waals surface area contributed by atoms with Crippen LogP contribution in [0.2, 0.25) is 0 Å². The third kappa shape index (κ3) is 5.26. The summed E-state index contributed by atoms with van der Waals surface area (Å²) in [6.07, 6.45) is 6.71. The lowest BCUT2D eigenvalue weighted by Gasteiger charge is -2.22. The van der Waals surface area contributed by atoms with Crippen molar-refractivity contribution in [2.24, 2.45) is 0 Å². The van der Waals surface area contributed by atoms with E-state index < -0.39 is 0 Å². The summed E-state index contributed by atoms with van der Waals surface area (Å²) in [5.41, 5.74) is 0. The Bertz CT molecular complexity index is 341. The highest BCUT2D eigenvalue weighted by atomic mass is 32.2. The molecule has 0 unspecified atom stereocenters. The van der Waals surface area contributed by atoms with Gasteiger partial charge in [0.15, 0.2) is 0 Å². The van der Waals surface area contributed by atoms with Crippen LogP contribution in [-0.4, -0.2) is 34.1 Å². The zero-order valence-electron chi connectivity index (χ0n) is 11.1. The molecule has 0 saturated carbocycles. The minimum absolute atomic E-state index is 0.203. The first-order valence-electron chi connectivity index (χ1n) is 5.92. The average molecular weight is 254 g/mol. The molecule has 0 aliphatic rings. The van der Waals surface area contributed by atoms with Crippen molar-refractivity contribution in [3.8, 4) is 0 Å². The predicted octanol–water partition coefficient (Wildman–Crippen LogP) is 2.85. The maximum atomic E-state index is 4.45. The minimum Gasteiger partial charge on any atom is -0.369 e. The molecule has 0 aliphatic heterocycles. The lowest BCUT2D eigenvalue weighted by molar-refractivity contribution is 0.749. The van der Waals surface area contributed by atoms with Gasteiger partial charge in [-0.1, -0.05) is 6.92 Å². The van der Waals surface area contributed by atoms with E-state index in [0.717, 1.165) is 31.1 Å². The minimum atomic E-state index is 0.203. The van der Waals surface area contributed by atoms with E-state index in [1.807, 2.05) is 11.8 Å². The Morgan fingerprint density at radius 1 is 1.24 bits per heavy atom. The maximum Gasteiger partial charge on any atom is 0.147 e. The van der Waals surface area contributed by atoms with Gasteiger partial charge in [-0.05, 0) is 26.5 Å². The smallest absolute Gasteiger partial charge is 0.147 e. The fraction of sp³-hybridized carbons (Fsp3) is 0.667. The van der Waals surface area contributed by atoms with Crippen LogP contribution in [0.5, 0.6) is 0 Å². The molecule has 4 nitrogen and oxygen atoms in total. The largest absolute Gasteiger partial charge is 0.369 e. The molecule has 0 bridgehead atoms. The molecule has 0 amide bonds. The van der Waals surface area contributed by atoms with Crippen molar-refractivity contribution < 1.29 is 0 Å². The lowest BCUT2D eigenvalue weighted by Crippen LogP contribution is -2.26. The Morgan fingerprint density at radius 3 is 2.47 bits per heavy atom. The number of rotatable bonds is 7. The molecular weight excluding hydrogens is 232 g/mol. The van der Waals surface area contributed by atoms with Crippen molar-refractivity contribution in [3.05, 3.63) is 12.4 Å². The average Bonchev–Trinajstić information content (AvgIpc) is 2.35. The molecule has 5 heteroatoms. The highest BCUT2D eigenvalue weighted by Gasteiger charge is 2.15. The van der Waals surface area contributed by atoms with Crippen molar-refractivity contribution >= 4 is 23.4 Å². The van der Waals surface area contributed by atoms with Crippen LogP contribution in [0.25, 0.3) is 0 Å². The van der Waals surface area contributed by atoms with Crippen molar-refractivity contribution in [2.45, 2.75) is 31.9 Å². The molecule has 0 fully saturated rings. The Hall–Kier alpha value is -0.970. The summed E-state index contributed by atoms with van der Waals surface area (Å²) in [6, 6.07) is 0. The van der Waals surface area contributed by atoms with Gasteiger partial charge in [0, 0.05) is 17.8 Å². The van der Waals surface area contributed by atoms with E-state index in [4.69, 9.17) is 0 Å². The van der Waals surface area contributed by atoms with Gasteiger partial charge in [0.25, 0.3) is 0 Å². The van der Waals surface area contributed by atoms with E-state index in [9.17, 15) is 0 Å². The maximum absolute atomic E-state index is 4.45. The van der Waals surface area contributed by atoms with Gasteiger partial charge in [-0.3, -0.25) is 4.98 Å². The van der Waals surface area contributed by atoms with Gasteiger partial charge >= 0.3 is 0 Å². The molecule has 0 aliphatic carbocycles. The summed E-state index contributed by atoms with van der Waals surface area (Å²) in [7, 11) is 0. The first kappa shape index (κ1) is 14.1. The first-order valence-corrected chi connectivity index (χ1v) is 7.15. The number of nitrogens with zero attached hydrogens (tertiary/aromatic N) is 2. The first-order chi connectivity index (χ1) is 8.07. The zero-order chi connectivity index (χ0) is 12.7. The number of nitrogens with one attached hydrogen (secondary N) is 2. The van der Waals surface area contributed by atoms with Crippen LogP contribution >= 0.6 is 11.8 Å². The molecule has 0 atom stereocenters. The van der Waals surface area contributed by atoms with Gasteiger partial charge in [-0.15, -0.1) is 0 Å². The monoisotopic (exact) mass is 254 g/mol. The third-order valence-corrected chi connectivity index (χ3v) is 3.69. The number of anilines is 2. The van der Waals surface area contributed by atoms with Gasteiger partial charge in [0.05, 0.1) is 12.4 Å². The lowest BCUT2D eigenvalue weighted by atomic mass is 10.2. The van der Waals surface area contributed by atoms with Crippen LogP contribution < -0.4 is 10.6 Å². The topological polar surface area (TPSA) is 49.8 Å². The van der Waals surface area contributed by atoms with Gasteiger partial charge in [-0.2, -0.15) is 11.8 Å². The van der Waals surface area contributed by atoms with Crippen LogP contribution in [0.15, 0.2) is 12.4 Å². The second-order valence-corrected chi connectivity index (χ2v) is 6.05. The fourth-order valence-electron chi connectivity index (χ4n) is 1.16. The normalized spacial score (nSPS) is 11.3. The van der Waals surface area contributed by atoms with Crippen molar-refractivity contribution in [1.82, 2.24) is 9.97 Å². The van der Waals surface area contributed by atoms with E-state index >= 15 is 0 Å². The van der Waals surface area contributed by atoms with E-state index in [1.165, 1.54) is 0 Å². The molecule has 1 aromatic rings. The van der Waals surface area contributed by atoms with Crippen LogP contribution in [-0.2, 0) is 0 Å². The molecule has 1 rings (SSSR count). The SMILES string of the molecule is CCCNc1cncc(NCC(C)(C)SC)n1. The van der Waals surface area contributed by atoms with Crippen LogP contribution in [0.4, 0.5) is 11.6 Å². The molecule has 96 valence electrons. The molecule has 0 spiro atoms. The highest BCUT2D eigenvalue weighted by Crippen LogP contribution is 2.21. The summed E-state index contributed by atoms with van der Waals surface area (Å²) in [4.78, 5) is 8.62. The Morgan fingerprint density at radius 2 is 1.88 bits per heavy atom.